The summed E-state index contributed by atoms with van der Waals surface area (Å²) in [5.41, 5.74) is 2.43. The van der Waals surface area contributed by atoms with Gasteiger partial charge in [0, 0.05) is 34.2 Å². The molecule has 1 aromatic rings. The monoisotopic (exact) mass is 383 g/mol. The molecular weight excluding hydrogens is 370 g/mol. The van der Waals surface area contributed by atoms with Crippen molar-refractivity contribution in [3.8, 4) is 0 Å². The molecule has 0 aromatic carbocycles. The third kappa shape index (κ3) is 2.04. The van der Waals surface area contributed by atoms with E-state index in [1.807, 2.05) is 17.9 Å². The van der Waals surface area contributed by atoms with Crippen LogP contribution in [0.25, 0.3) is 0 Å². The van der Waals surface area contributed by atoms with Gasteiger partial charge in [-0.3, -0.25) is 9.67 Å². The molecule has 3 heterocycles. The number of aryl methyl sites for hydroxylation is 1. The molecule has 3 aliphatic rings. The number of nitrogens with one attached hydrogen (secondary N) is 1. The highest BCUT2D eigenvalue weighted by Crippen LogP contribution is 2.42. The summed E-state index contributed by atoms with van der Waals surface area (Å²) in [6.07, 6.45) is 9.68. The number of fused-ring (bicyclic) bond motifs is 2. The Labute approximate surface area is 142 Å². The first-order valence-electron chi connectivity index (χ1n) is 6.91. The molecular formula is C14H15BrClN5O. The Morgan fingerprint density at radius 2 is 2.27 bits per heavy atom. The largest absolute Gasteiger partial charge is 1.00 e. The van der Waals surface area contributed by atoms with Gasteiger partial charge in [-0.05, 0) is 19.3 Å². The minimum absolute atomic E-state index is 0. The van der Waals surface area contributed by atoms with Crippen molar-refractivity contribution < 1.29 is 22.4 Å². The van der Waals surface area contributed by atoms with Gasteiger partial charge in [0.2, 0.25) is 0 Å². The van der Waals surface area contributed by atoms with Crippen molar-refractivity contribution in [3.63, 3.8) is 0 Å². The Morgan fingerprint density at radius 3 is 3.09 bits per heavy atom. The first-order chi connectivity index (χ1) is 10.1. The Balaban J connectivity index is 0.00000144. The molecule has 0 spiro atoms. The van der Waals surface area contributed by atoms with Gasteiger partial charge in [-0.2, -0.15) is 10.1 Å². The summed E-state index contributed by atoms with van der Waals surface area (Å²) >= 11 is 3.48. The second-order valence-corrected chi connectivity index (χ2v) is 6.27. The van der Waals surface area contributed by atoms with E-state index in [0.717, 1.165) is 39.4 Å². The van der Waals surface area contributed by atoms with Gasteiger partial charge in [0.25, 0.3) is 4.74 Å². The number of rotatable bonds is 1. The van der Waals surface area contributed by atoms with E-state index in [1.165, 1.54) is 0 Å². The Bertz CT molecular complexity index is 750. The number of aliphatic hydroxyl groups is 1. The molecule has 2 atom stereocenters. The van der Waals surface area contributed by atoms with Crippen LogP contribution in [0.4, 0.5) is 0 Å². The molecule has 0 amide bonds. The number of aromatic nitrogens is 2. The number of hydrogen-bond acceptors (Lipinski definition) is 4. The zero-order valence-electron chi connectivity index (χ0n) is 11.9. The van der Waals surface area contributed by atoms with Gasteiger partial charge in [0.05, 0.1) is 18.6 Å². The van der Waals surface area contributed by atoms with Crippen molar-refractivity contribution in [2.24, 2.45) is 17.0 Å². The van der Waals surface area contributed by atoms with E-state index in [1.54, 1.807) is 18.6 Å². The molecule has 2 aliphatic heterocycles. The third-order valence-electron chi connectivity index (χ3n) is 4.36. The Hall–Kier alpha value is -1.28. The van der Waals surface area contributed by atoms with Crippen LogP contribution < -0.4 is 17.3 Å². The topological polar surface area (TPSA) is 67.2 Å². The Morgan fingerprint density at radius 1 is 1.45 bits per heavy atom. The van der Waals surface area contributed by atoms with Crippen LogP contribution in [0.3, 0.4) is 0 Å². The molecule has 1 aromatic heterocycles. The quantitative estimate of drug-likeness (QED) is 0.520. The second-order valence-electron chi connectivity index (χ2n) is 5.51. The highest BCUT2D eigenvalue weighted by atomic mass is 79.9. The zero-order chi connectivity index (χ0) is 14.6. The van der Waals surface area contributed by atoms with Gasteiger partial charge in [-0.1, -0.05) is 0 Å². The predicted octanol–water partition coefficient (Wildman–Crippen LogP) is -2.64. The fraction of sp³-hybridized carbons (Fsp3) is 0.357. The number of allylic oxidation sites excluding steroid dienone is 1. The maximum Gasteiger partial charge on any atom is 0.280 e. The van der Waals surface area contributed by atoms with E-state index >= 15 is 0 Å². The van der Waals surface area contributed by atoms with Crippen molar-refractivity contribution in [2.45, 2.75) is 24.9 Å². The lowest BCUT2D eigenvalue weighted by Crippen LogP contribution is -3.07. The van der Waals surface area contributed by atoms with E-state index in [0.29, 0.717) is 12.1 Å². The van der Waals surface area contributed by atoms with Crippen LogP contribution in [0, 0.1) is 0 Å². The summed E-state index contributed by atoms with van der Waals surface area (Å²) in [5.74, 6) is 0. The minimum atomic E-state index is -1.09. The second kappa shape index (κ2) is 5.42. The van der Waals surface area contributed by atoms with E-state index < -0.39 is 5.60 Å². The maximum atomic E-state index is 11.4. The highest BCUT2D eigenvalue weighted by Gasteiger charge is 2.47. The van der Waals surface area contributed by atoms with Crippen molar-refractivity contribution >= 4 is 26.9 Å². The predicted molar refractivity (Wildman–Crippen MR) is 82.0 cm³/mol. The van der Waals surface area contributed by atoms with Crippen molar-refractivity contribution in [3.05, 3.63) is 41.2 Å². The van der Waals surface area contributed by atoms with Crippen LogP contribution in [-0.2, 0) is 19.1 Å². The van der Waals surface area contributed by atoms with Crippen LogP contribution in [0.5, 0.6) is 0 Å². The van der Waals surface area contributed by atoms with Gasteiger partial charge in [-0.15, -0.1) is 0 Å². The number of halogens is 2. The molecule has 8 heteroatoms. The summed E-state index contributed by atoms with van der Waals surface area (Å²) in [7, 11) is 1.92. The molecule has 22 heavy (non-hydrogen) atoms. The summed E-state index contributed by atoms with van der Waals surface area (Å²) in [6, 6.07) is 0. The number of hydrogen-bond donors (Lipinski definition) is 2. The summed E-state index contributed by atoms with van der Waals surface area (Å²) in [6.45, 7) is 0. The lowest BCUT2D eigenvalue weighted by atomic mass is 9.80. The molecule has 2 N–H and O–H groups in total. The molecule has 0 fully saturated rings. The fourth-order valence-corrected chi connectivity index (χ4v) is 3.82. The minimum Gasteiger partial charge on any atom is -1.00 e. The SMILES string of the molecule is Cn1ncc2c1CCCC2(O)C1=C2C=NC=C[NH+]2C(Br)=N1.[Cl-]. The average molecular weight is 385 g/mol. The Kier molecular flexibility index (Phi) is 3.84. The first-order valence-corrected chi connectivity index (χ1v) is 7.70. The lowest BCUT2D eigenvalue weighted by Gasteiger charge is -2.31. The number of quaternary nitrogens is 1. The number of amidine groups is 1. The molecule has 1 aliphatic carbocycles. The van der Waals surface area contributed by atoms with Crippen molar-refractivity contribution in [1.29, 1.82) is 0 Å². The average Bonchev–Trinajstić information content (AvgIpc) is 3.03. The van der Waals surface area contributed by atoms with Gasteiger partial charge >= 0.3 is 0 Å². The van der Waals surface area contributed by atoms with E-state index in [9.17, 15) is 5.11 Å². The standard InChI is InChI=1S/C14H14BrN5O.ClH/c1-19-10-3-2-4-14(21,9(10)7-17-19)12-11-8-16-5-6-20(11)13(15)18-12;/h5-8,21H,2-4H2,1H3;1H. The smallest absolute Gasteiger partial charge is 0.280 e. The molecule has 2 unspecified atom stereocenters. The molecule has 0 bridgehead atoms. The van der Waals surface area contributed by atoms with E-state index in [2.05, 4.69) is 31.0 Å². The molecule has 116 valence electrons. The molecule has 6 nitrogen and oxygen atoms in total. The van der Waals surface area contributed by atoms with Gasteiger partial charge < -0.3 is 17.5 Å². The molecule has 0 radical (unpaired) electrons. The summed E-state index contributed by atoms with van der Waals surface area (Å²) in [4.78, 5) is 9.74. The van der Waals surface area contributed by atoms with Gasteiger partial charge in [0.1, 0.15) is 17.5 Å². The van der Waals surface area contributed by atoms with Gasteiger partial charge in [-0.25, -0.2) is 4.90 Å². The first kappa shape index (κ1) is 15.6. The van der Waals surface area contributed by atoms with Crippen molar-refractivity contribution in [2.75, 3.05) is 0 Å². The normalized spacial score (nSPS) is 29.0. The number of nitrogens with zero attached hydrogens (tertiary/aromatic N) is 4. The van der Waals surface area contributed by atoms with Crippen LogP contribution in [0.1, 0.15) is 24.1 Å². The van der Waals surface area contributed by atoms with Crippen LogP contribution >= 0.6 is 15.9 Å². The molecule has 0 saturated heterocycles. The molecule has 0 saturated carbocycles. The van der Waals surface area contributed by atoms with Gasteiger partial charge in [0.15, 0.2) is 5.70 Å². The van der Waals surface area contributed by atoms with Crippen LogP contribution in [0.2, 0.25) is 0 Å². The fourth-order valence-electron chi connectivity index (χ4n) is 3.29. The number of aliphatic imine (C=N–C) groups is 2. The maximum absolute atomic E-state index is 11.4. The lowest BCUT2D eigenvalue weighted by molar-refractivity contribution is -0.685. The highest BCUT2D eigenvalue weighted by molar-refractivity contribution is 9.18. The van der Waals surface area contributed by atoms with E-state index in [4.69, 9.17) is 0 Å². The van der Waals surface area contributed by atoms with Crippen molar-refractivity contribution in [1.82, 2.24) is 9.78 Å². The summed E-state index contributed by atoms with van der Waals surface area (Å²) in [5, 5.41) is 15.7. The third-order valence-corrected chi connectivity index (χ3v) is 4.96. The summed E-state index contributed by atoms with van der Waals surface area (Å²) < 4.78 is 2.59. The zero-order valence-corrected chi connectivity index (χ0v) is 14.3. The van der Waals surface area contributed by atoms with E-state index in [-0.39, 0.29) is 12.4 Å². The van der Waals surface area contributed by atoms with Crippen LogP contribution in [-0.4, -0.2) is 25.8 Å². The molecule has 4 rings (SSSR count). The van der Waals surface area contributed by atoms with Crippen LogP contribution in [0.15, 0.2) is 40.0 Å².